The zero-order valence-electron chi connectivity index (χ0n) is 12.6. The summed E-state index contributed by atoms with van der Waals surface area (Å²) in [6.45, 7) is 3.17. The Hall–Kier alpha value is -1.65. The molecule has 1 aliphatic rings. The van der Waals surface area contributed by atoms with Crippen molar-refractivity contribution in [2.45, 2.75) is 50.6 Å². The van der Waals surface area contributed by atoms with Gasteiger partial charge in [-0.25, -0.2) is 10.4 Å². The number of aromatic nitrogens is 2. The highest BCUT2D eigenvalue weighted by Crippen LogP contribution is 2.51. The summed E-state index contributed by atoms with van der Waals surface area (Å²) in [4.78, 5) is 4.60. The maximum absolute atomic E-state index is 5.96. The van der Waals surface area contributed by atoms with E-state index in [2.05, 4.69) is 58.4 Å². The lowest BCUT2D eigenvalue weighted by molar-refractivity contribution is 0.161. The third kappa shape index (κ3) is 2.39. The second-order valence-corrected chi connectivity index (χ2v) is 5.95. The standard InChI is InChI=1S/C17H24N4/c1-2-12-21-13-11-19-16(21)15(20-18)17(9-6-10-17)14-7-4-3-5-8-14/h3-5,7-8,11,13,15,20H,2,6,9-10,12,18H2,1H3. The van der Waals surface area contributed by atoms with Gasteiger partial charge in [-0.2, -0.15) is 0 Å². The van der Waals surface area contributed by atoms with Crippen LogP contribution in [0.15, 0.2) is 42.7 Å². The van der Waals surface area contributed by atoms with Crippen LogP contribution in [0, 0.1) is 0 Å². The van der Waals surface area contributed by atoms with Gasteiger partial charge in [0.05, 0.1) is 6.04 Å². The molecule has 2 aromatic rings. The Morgan fingerprint density at radius 1 is 1.33 bits per heavy atom. The van der Waals surface area contributed by atoms with Gasteiger partial charge in [-0.3, -0.25) is 5.84 Å². The van der Waals surface area contributed by atoms with Gasteiger partial charge in [0.1, 0.15) is 5.82 Å². The monoisotopic (exact) mass is 284 g/mol. The highest BCUT2D eigenvalue weighted by Gasteiger charge is 2.47. The Morgan fingerprint density at radius 2 is 2.10 bits per heavy atom. The quantitative estimate of drug-likeness (QED) is 0.633. The summed E-state index contributed by atoms with van der Waals surface area (Å²) in [7, 11) is 0. The summed E-state index contributed by atoms with van der Waals surface area (Å²) in [6, 6.07) is 10.8. The highest BCUT2D eigenvalue weighted by atomic mass is 15.3. The van der Waals surface area contributed by atoms with E-state index >= 15 is 0 Å². The molecule has 0 aliphatic heterocycles. The second-order valence-electron chi connectivity index (χ2n) is 5.95. The van der Waals surface area contributed by atoms with E-state index < -0.39 is 0 Å². The zero-order chi connectivity index (χ0) is 14.7. The second kappa shape index (κ2) is 6.00. The smallest absolute Gasteiger partial charge is 0.128 e. The van der Waals surface area contributed by atoms with Gasteiger partial charge in [0.2, 0.25) is 0 Å². The minimum atomic E-state index is 0.0650. The van der Waals surface area contributed by atoms with Crippen molar-refractivity contribution in [3.05, 3.63) is 54.1 Å². The Labute approximate surface area is 126 Å². The first-order chi connectivity index (χ1) is 10.3. The molecule has 1 aromatic heterocycles. The average molecular weight is 284 g/mol. The van der Waals surface area contributed by atoms with Crippen molar-refractivity contribution in [1.29, 1.82) is 0 Å². The van der Waals surface area contributed by atoms with Crippen molar-refractivity contribution in [1.82, 2.24) is 15.0 Å². The zero-order valence-corrected chi connectivity index (χ0v) is 12.6. The predicted octanol–water partition coefficient (Wildman–Crippen LogP) is 2.92. The Bertz CT molecular complexity index is 571. The average Bonchev–Trinajstić information content (AvgIpc) is 2.92. The molecule has 0 amide bonds. The Morgan fingerprint density at radius 3 is 2.67 bits per heavy atom. The molecule has 1 saturated carbocycles. The van der Waals surface area contributed by atoms with Crippen molar-refractivity contribution in [2.24, 2.45) is 5.84 Å². The van der Waals surface area contributed by atoms with Crippen LogP contribution >= 0.6 is 0 Å². The summed E-state index contributed by atoms with van der Waals surface area (Å²) in [6.07, 6.45) is 8.60. The lowest BCUT2D eigenvalue weighted by Gasteiger charge is -2.47. The van der Waals surface area contributed by atoms with Crippen LogP contribution in [0.1, 0.15) is 50.0 Å². The fraction of sp³-hybridized carbons (Fsp3) is 0.471. The molecule has 1 atom stereocenters. The van der Waals surface area contributed by atoms with E-state index in [1.807, 2.05) is 6.20 Å². The number of benzene rings is 1. The number of nitrogens with one attached hydrogen (secondary N) is 1. The van der Waals surface area contributed by atoms with Gasteiger partial charge in [0.25, 0.3) is 0 Å². The molecule has 0 saturated heterocycles. The summed E-state index contributed by atoms with van der Waals surface area (Å²) in [5, 5.41) is 0. The first-order valence-electron chi connectivity index (χ1n) is 7.84. The van der Waals surface area contributed by atoms with Crippen molar-refractivity contribution in [3.8, 4) is 0 Å². The molecular weight excluding hydrogens is 260 g/mol. The molecule has 112 valence electrons. The van der Waals surface area contributed by atoms with Crippen LogP contribution < -0.4 is 11.3 Å². The normalized spacial score (nSPS) is 18.2. The number of hydrogen-bond acceptors (Lipinski definition) is 3. The van der Waals surface area contributed by atoms with Crippen molar-refractivity contribution >= 4 is 0 Å². The molecule has 0 bridgehead atoms. The third-order valence-corrected chi connectivity index (χ3v) is 4.78. The van der Waals surface area contributed by atoms with Gasteiger partial charge in [0.15, 0.2) is 0 Å². The predicted molar refractivity (Wildman–Crippen MR) is 84.6 cm³/mol. The number of imidazole rings is 1. The number of aryl methyl sites for hydroxylation is 1. The summed E-state index contributed by atoms with van der Waals surface area (Å²) in [5.41, 5.74) is 4.50. The van der Waals surface area contributed by atoms with Gasteiger partial charge in [-0.15, -0.1) is 0 Å². The van der Waals surface area contributed by atoms with Crippen LogP contribution in [0.5, 0.6) is 0 Å². The van der Waals surface area contributed by atoms with E-state index in [-0.39, 0.29) is 11.5 Å². The van der Waals surface area contributed by atoms with Crippen LogP contribution in [0.4, 0.5) is 0 Å². The van der Waals surface area contributed by atoms with Gasteiger partial charge in [-0.05, 0) is 24.8 Å². The van der Waals surface area contributed by atoms with Crippen molar-refractivity contribution in [3.63, 3.8) is 0 Å². The fourth-order valence-electron chi connectivity index (χ4n) is 3.56. The molecule has 1 heterocycles. The molecule has 4 nitrogen and oxygen atoms in total. The maximum Gasteiger partial charge on any atom is 0.128 e. The summed E-state index contributed by atoms with van der Waals surface area (Å²) in [5.74, 6) is 7.02. The minimum Gasteiger partial charge on any atom is -0.334 e. The molecule has 21 heavy (non-hydrogen) atoms. The van der Waals surface area contributed by atoms with Crippen LogP contribution in [0.2, 0.25) is 0 Å². The van der Waals surface area contributed by atoms with Crippen LogP contribution in [0.3, 0.4) is 0 Å². The molecule has 1 unspecified atom stereocenters. The molecule has 1 aromatic carbocycles. The SMILES string of the molecule is CCCn1ccnc1C(NN)C1(c2ccccc2)CCC1. The van der Waals surface area contributed by atoms with Gasteiger partial charge in [-0.1, -0.05) is 43.7 Å². The lowest BCUT2D eigenvalue weighted by atomic mass is 9.60. The fourth-order valence-corrected chi connectivity index (χ4v) is 3.56. The van der Waals surface area contributed by atoms with Gasteiger partial charge < -0.3 is 4.57 Å². The van der Waals surface area contributed by atoms with E-state index in [0.29, 0.717) is 0 Å². The largest absolute Gasteiger partial charge is 0.334 e. The number of hydrogen-bond donors (Lipinski definition) is 2. The highest BCUT2D eigenvalue weighted by molar-refractivity contribution is 5.32. The molecular formula is C17H24N4. The number of rotatable bonds is 6. The summed E-state index contributed by atoms with van der Waals surface area (Å²) < 4.78 is 2.23. The van der Waals surface area contributed by atoms with E-state index in [1.165, 1.54) is 12.0 Å². The molecule has 1 aliphatic carbocycles. The maximum atomic E-state index is 5.96. The van der Waals surface area contributed by atoms with E-state index in [4.69, 9.17) is 5.84 Å². The molecule has 0 radical (unpaired) electrons. The van der Waals surface area contributed by atoms with E-state index in [0.717, 1.165) is 31.6 Å². The molecule has 4 heteroatoms. The molecule has 0 spiro atoms. The van der Waals surface area contributed by atoms with Crippen LogP contribution in [-0.4, -0.2) is 9.55 Å². The molecule has 3 rings (SSSR count). The number of nitrogens with two attached hydrogens (primary N) is 1. The first kappa shape index (κ1) is 14.3. The summed E-state index contributed by atoms with van der Waals surface area (Å²) >= 11 is 0. The Balaban J connectivity index is 2.00. The van der Waals surface area contributed by atoms with Crippen LogP contribution in [0.25, 0.3) is 0 Å². The number of nitrogens with zero attached hydrogens (tertiary/aromatic N) is 2. The third-order valence-electron chi connectivity index (χ3n) is 4.78. The van der Waals surface area contributed by atoms with E-state index in [9.17, 15) is 0 Å². The minimum absolute atomic E-state index is 0.0650. The molecule has 1 fully saturated rings. The topological polar surface area (TPSA) is 55.9 Å². The van der Waals surface area contributed by atoms with Crippen LogP contribution in [-0.2, 0) is 12.0 Å². The molecule has 3 N–H and O–H groups in total. The van der Waals surface area contributed by atoms with Crippen molar-refractivity contribution in [2.75, 3.05) is 0 Å². The number of hydrazine groups is 1. The lowest BCUT2D eigenvalue weighted by Crippen LogP contribution is -2.49. The van der Waals surface area contributed by atoms with Crippen molar-refractivity contribution < 1.29 is 0 Å². The Kier molecular flexibility index (Phi) is 4.08. The van der Waals surface area contributed by atoms with Gasteiger partial charge in [0, 0.05) is 24.4 Å². The van der Waals surface area contributed by atoms with Gasteiger partial charge >= 0.3 is 0 Å². The van der Waals surface area contributed by atoms with E-state index in [1.54, 1.807) is 0 Å². The first-order valence-corrected chi connectivity index (χ1v) is 7.84.